The molecule has 5 rings (SSSR count). The van der Waals surface area contributed by atoms with E-state index >= 15 is 4.39 Å². The van der Waals surface area contributed by atoms with Gasteiger partial charge in [-0.3, -0.25) is 14.0 Å². The second kappa shape index (κ2) is 5.87. The van der Waals surface area contributed by atoms with Gasteiger partial charge < -0.3 is 10.3 Å². The summed E-state index contributed by atoms with van der Waals surface area (Å²) in [6, 6.07) is 10.8. The van der Waals surface area contributed by atoms with E-state index in [2.05, 4.69) is 4.37 Å². The summed E-state index contributed by atoms with van der Waals surface area (Å²) in [5.41, 5.74) is 6.78. The van der Waals surface area contributed by atoms with Crippen molar-refractivity contribution in [3.8, 4) is 11.1 Å². The Kier molecular flexibility index (Phi) is 3.57. The lowest BCUT2D eigenvalue weighted by Crippen LogP contribution is -2.17. The summed E-state index contributed by atoms with van der Waals surface area (Å²) in [7, 11) is 0. The SMILES string of the molecule is NCc1cc2c(c(-c3ccccc3)c1F)c(=O)c1c(=O)[nH]sc1n2C1CC1. The topological polar surface area (TPSA) is 80.9 Å². The Balaban J connectivity index is 2.08. The minimum atomic E-state index is -0.498. The van der Waals surface area contributed by atoms with Crippen molar-refractivity contribution in [3.63, 3.8) is 0 Å². The third-order valence-corrected chi connectivity index (χ3v) is 6.01. The van der Waals surface area contributed by atoms with E-state index in [1.165, 1.54) is 0 Å². The van der Waals surface area contributed by atoms with Gasteiger partial charge in [-0.2, -0.15) is 0 Å². The first-order valence-electron chi connectivity index (χ1n) is 8.78. The van der Waals surface area contributed by atoms with E-state index in [1.807, 2.05) is 10.6 Å². The summed E-state index contributed by atoms with van der Waals surface area (Å²) in [4.78, 5) is 26.2. The van der Waals surface area contributed by atoms with Crippen LogP contribution in [-0.4, -0.2) is 8.94 Å². The second-order valence-electron chi connectivity index (χ2n) is 6.83. The van der Waals surface area contributed by atoms with Crippen LogP contribution in [0.5, 0.6) is 0 Å². The molecule has 0 atom stereocenters. The lowest BCUT2D eigenvalue weighted by atomic mass is 9.95. The van der Waals surface area contributed by atoms with Gasteiger partial charge in [-0.15, -0.1) is 0 Å². The van der Waals surface area contributed by atoms with Gasteiger partial charge in [0.2, 0.25) is 5.43 Å². The molecule has 1 fully saturated rings. The molecule has 136 valence electrons. The van der Waals surface area contributed by atoms with E-state index in [-0.39, 0.29) is 28.9 Å². The minimum Gasteiger partial charge on any atom is -0.328 e. The molecule has 1 aliphatic rings. The number of aromatic amines is 1. The predicted octanol–water partition coefficient (Wildman–Crippen LogP) is 3.50. The maximum absolute atomic E-state index is 15.3. The Morgan fingerprint density at radius 3 is 2.59 bits per heavy atom. The molecule has 3 N–H and O–H groups in total. The molecule has 1 aliphatic carbocycles. The summed E-state index contributed by atoms with van der Waals surface area (Å²) in [5, 5.41) is 0.357. The fraction of sp³-hybridized carbons (Fsp3) is 0.200. The summed E-state index contributed by atoms with van der Waals surface area (Å²) < 4.78 is 20.0. The molecule has 0 unspecified atom stereocenters. The molecule has 0 bridgehead atoms. The molecule has 0 saturated heterocycles. The monoisotopic (exact) mass is 381 g/mol. The summed E-state index contributed by atoms with van der Waals surface area (Å²) in [6.07, 6.45) is 1.93. The Labute approximate surface area is 157 Å². The number of H-pyrrole nitrogens is 1. The van der Waals surface area contributed by atoms with E-state index in [0.717, 1.165) is 24.4 Å². The first-order chi connectivity index (χ1) is 13.1. The first-order valence-corrected chi connectivity index (χ1v) is 9.59. The number of halogens is 1. The zero-order chi connectivity index (χ0) is 18.7. The standard InChI is InChI=1S/C20H16FN3O2S/c21-17-11(9-22)8-13-15(14(17)10-4-2-1-3-5-10)18(25)16-19(26)23-27-20(16)24(13)12-6-7-12/h1-5,8,12H,6-7,9,22H2,(H,23,26). The Morgan fingerprint density at radius 1 is 1.19 bits per heavy atom. The highest BCUT2D eigenvalue weighted by atomic mass is 32.1. The largest absolute Gasteiger partial charge is 0.328 e. The first kappa shape index (κ1) is 16.4. The van der Waals surface area contributed by atoms with E-state index < -0.39 is 16.8 Å². The van der Waals surface area contributed by atoms with Crippen molar-refractivity contribution in [3.05, 3.63) is 68.4 Å². The number of nitrogens with one attached hydrogen (secondary N) is 1. The van der Waals surface area contributed by atoms with Gasteiger partial charge >= 0.3 is 0 Å². The van der Waals surface area contributed by atoms with Crippen LogP contribution >= 0.6 is 11.5 Å². The van der Waals surface area contributed by atoms with E-state index in [4.69, 9.17) is 5.73 Å². The fourth-order valence-corrected chi connectivity index (χ4v) is 4.66. The van der Waals surface area contributed by atoms with Crippen molar-refractivity contribution in [2.75, 3.05) is 0 Å². The average Bonchev–Trinajstić information content (AvgIpc) is 3.44. The van der Waals surface area contributed by atoms with Crippen LogP contribution in [0.3, 0.4) is 0 Å². The zero-order valence-corrected chi connectivity index (χ0v) is 15.1. The highest BCUT2D eigenvalue weighted by Crippen LogP contribution is 2.42. The van der Waals surface area contributed by atoms with Crippen LogP contribution in [0.4, 0.5) is 4.39 Å². The summed E-state index contributed by atoms with van der Waals surface area (Å²) >= 11 is 1.16. The van der Waals surface area contributed by atoms with Gasteiger partial charge in [-0.1, -0.05) is 30.3 Å². The van der Waals surface area contributed by atoms with Gasteiger partial charge in [-0.05, 0) is 36.0 Å². The van der Waals surface area contributed by atoms with Gasteiger partial charge in [-0.25, -0.2) is 4.39 Å². The van der Waals surface area contributed by atoms with Crippen LogP contribution in [0, 0.1) is 5.82 Å². The molecular weight excluding hydrogens is 365 g/mol. The molecule has 0 aliphatic heterocycles. The van der Waals surface area contributed by atoms with E-state index in [0.29, 0.717) is 21.5 Å². The molecule has 7 heteroatoms. The molecule has 0 radical (unpaired) electrons. The van der Waals surface area contributed by atoms with Crippen LogP contribution in [0.1, 0.15) is 24.4 Å². The molecule has 2 aromatic heterocycles. The van der Waals surface area contributed by atoms with E-state index in [1.54, 1.807) is 30.3 Å². The number of fused-ring (bicyclic) bond motifs is 2. The quantitative estimate of drug-likeness (QED) is 0.570. The van der Waals surface area contributed by atoms with Crippen molar-refractivity contribution in [1.29, 1.82) is 0 Å². The van der Waals surface area contributed by atoms with Crippen LogP contribution in [-0.2, 0) is 6.54 Å². The van der Waals surface area contributed by atoms with Crippen LogP contribution in [0.15, 0.2) is 46.0 Å². The van der Waals surface area contributed by atoms with Gasteiger partial charge in [0, 0.05) is 23.7 Å². The number of nitrogens with two attached hydrogens (primary N) is 1. The Bertz CT molecular complexity index is 1320. The number of pyridine rings is 1. The van der Waals surface area contributed by atoms with Gasteiger partial charge in [0.05, 0.1) is 10.9 Å². The fourth-order valence-electron chi connectivity index (χ4n) is 3.74. The van der Waals surface area contributed by atoms with Gasteiger partial charge in [0.15, 0.2) is 0 Å². The average molecular weight is 381 g/mol. The van der Waals surface area contributed by atoms with Crippen molar-refractivity contribution < 1.29 is 4.39 Å². The Morgan fingerprint density at radius 2 is 1.93 bits per heavy atom. The number of benzene rings is 2. The highest BCUT2D eigenvalue weighted by molar-refractivity contribution is 7.12. The van der Waals surface area contributed by atoms with Crippen molar-refractivity contribution >= 4 is 32.7 Å². The molecule has 2 heterocycles. The zero-order valence-electron chi connectivity index (χ0n) is 14.3. The normalized spacial score (nSPS) is 14.3. The smallest absolute Gasteiger partial charge is 0.271 e. The predicted molar refractivity (Wildman–Crippen MR) is 106 cm³/mol. The molecule has 5 nitrogen and oxygen atoms in total. The molecule has 0 amide bonds. The summed E-state index contributed by atoms with van der Waals surface area (Å²) in [6.45, 7) is 0.0296. The summed E-state index contributed by atoms with van der Waals surface area (Å²) in [5.74, 6) is -0.498. The molecule has 2 aromatic carbocycles. The highest BCUT2D eigenvalue weighted by Gasteiger charge is 2.30. The van der Waals surface area contributed by atoms with Crippen LogP contribution in [0.25, 0.3) is 32.2 Å². The number of rotatable bonds is 3. The molecule has 4 aromatic rings. The molecule has 27 heavy (non-hydrogen) atoms. The van der Waals surface area contributed by atoms with Crippen LogP contribution in [0.2, 0.25) is 0 Å². The van der Waals surface area contributed by atoms with Crippen molar-refractivity contribution in [2.24, 2.45) is 5.73 Å². The van der Waals surface area contributed by atoms with Crippen LogP contribution < -0.4 is 16.7 Å². The van der Waals surface area contributed by atoms with E-state index in [9.17, 15) is 9.59 Å². The number of hydrogen-bond acceptors (Lipinski definition) is 4. The maximum atomic E-state index is 15.3. The maximum Gasteiger partial charge on any atom is 0.271 e. The molecule has 0 spiro atoms. The lowest BCUT2D eigenvalue weighted by Gasteiger charge is -2.17. The van der Waals surface area contributed by atoms with Crippen molar-refractivity contribution in [1.82, 2.24) is 8.94 Å². The lowest BCUT2D eigenvalue weighted by molar-refractivity contribution is 0.615. The molecular formula is C20H16FN3O2S. The number of aromatic nitrogens is 2. The molecule has 1 saturated carbocycles. The third kappa shape index (κ3) is 2.32. The third-order valence-electron chi connectivity index (χ3n) is 5.13. The van der Waals surface area contributed by atoms with Gasteiger partial charge in [0.1, 0.15) is 16.0 Å². The second-order valence-corrected chi connectivity index (χ2v) is 7.63. The Hall–Kier alpha value is -2.77. The van der Waals surface area contributed by atoms with Gasteiger partial charge in [0.25, 0.3) is 5.56 Å². The van der Waals surface area contributed by atoms with Crippen molar-refractivity contribution in [2.45, 2.75) is 25.4 Å². The number of hydrogen-bond donors (Lipinski definition) is 2. The number of nitrogens with zero attached hydrogens (tertiary/aromatic N) is 1. The minimum absolute atomic E-state index is 0.0296.